The normalized spacial score (nSPS) is 14.4. The lowest BCUT2D eigenvalue weighted by molar-refractivity contribution is 0.0954. The van der Waals surface area contributed by atoms with Crippen LogP contribution in [0.3, 0.4) is 0 Å². The van der Waals surface area contributed by atoms with Crippen LogP contribution in [-0.2, 0) is 0 Å². The number of aromatic hydroxyl groups is 1. The maximum Gasteiger partial charge on any atom is 0.251 e. The van der Waals surface area contributed by atoms with Crippen molar-refractivity contribution in [3.05, 3.63) is 40.4 Å². The van der Waals surface area contributed by atoms with Crippen LogP contribution in [0.1, 0.15) is 36.0 Å². The van der Waals surface area contributed by atoms with Crippen LogP contribution in [0, 0.1) is 0 Å². The first kappa shape index (κ1) is 13.0. The third-order valence-electron chi connectivity index (χ3n) is 3.08. The Hall–Kier alpha value is -1.48. The third kappa shape index (κ3) is 3.26. The predicted molar refractivity (Wildman–Crippen MR) is 72.0 cm³/mol. The molecule has 0 unspecified atom stereocenters. The van der Waals surface area contributed by atoms with Crippen LogP contribution in [0.4, 0.5) is 0 Å². The number of benzene rings is 1. The van der Waals surface area contributed by atoms with Gasteiger partial charge in [0.25, 0.3) is 5.91 Å². The summed E-state index contributed by atoms with van der Waals surface area (Å²) >= 11 is 5.76. The zero-order valence-electron chi connectivity index (χ0n) is 10.1. The van der Waals surface area contributed by atoms with E-state index in [0.29, 0.717) is 12.1 Å². The molecule has 2 N–H and O–H groups in total. The van der Waals surface area contributed by atoms with E-state index < -0.39 is 0 Å². The fraction of sp³-hybridized carbons (Fsp3) is 0.357. The summed E-state index contributed by atoms with van der Waals surface area (Å²) in [6, 6.07) is 4.46. The topological polar surface area (TPSA) is 49.3 Å². The van der Waals surface area contributed by atoms with Gasteiger partial charge < -0.3 is 10.4 Å². The Kier molecular flexibility index (Phi) is 4.26. The summed E-state index contributed by atoms with van der Waals surface area (Å²) in [4.78, 5) is 11.8. The molecule has 1 aliphatic rings. The fourth-order valence-corrected chi connectivity index (χ4v) is 2.23. The number of carbonyl (C=O) groups is 1. The Morgan fingerprint density at radius 3 is 2.94 bits per heavy atom. The second-order valence-corrected chi connectivity index (χ2v) is 4.83. The van der Waals surface area contributed by atoms with Crippen molar-refractivity contribution in [2.24, 2.45) is 0 Å². The van der Waals surface area contributed by atoms with Crippen molar-refractivity contribution in [3.63, 3.8) is 0 Å². The number of phenolic OH excluding ortho intramolecular Hbond substituents is 1. The number of rotatable bonds is 4. The Balaban J connectivity index is 1.85. The van der Waals surface area contributed by atoms with Crippen LogP contribution in [0.5, 0.6) is 5.75 Å². The summed E-state index contributed by atoms with van der Waals surface area (Å²) in [6.45, 7) is 0.642. The minimum Gasteiger partial charge on any atom is -0.506 e. The van der Waals surface area contributed by atoms with Crippen LogP contribution >= 0.6 is 11.6 Å². The molecule has 0 aliphatic heterocycles. The summed E-state index contributed by atoms with van der Waals surface area (Å²) in [5.41, 5.74) is 1.90. The van der Waals surface area contributed by atoms with E-state index in [1.807, 2.05) is 0 Å². The third-order valence-corrected chi connectivity index (χ3v) is 3.38. The van der Waals surface area contributed by atoms with Gasteiger partial charge in [0, 0.05) is 12.1 Å². The number of amides is 1. The standard InChI is InChI=1S/C14H16ClNO2/c15-12-9-11(5-6-13(12)17)14(18)16-8-7-10-3-1-2-4-10/h3,5-6,9,17H,1-2,4,7-8H2,(H,16,18). The van der Waals surface area contributed by atoms with E-state index in [0.717, 1.165) is 19.3 Å². The zero-order chi connectivity index (χ0) is 13.0. The molecule has 0 fully saturated rings. The highest BCUT2D eigenvalue weighted by molar-refractivity contribution is 6.32. The molecule has 96 valence electrons. The number of hydrogen-bond acceptors (Lipinski definition) is 2. The lowest BCUT2D eigenvalue weighted by atomic mass is 10.1. The molecule has 3 nitrogen and oxygen atoms in total. The van der Waals surface area contributed by atoms with Gasteiger partial charge in [0.15, 0.2) is 0 Å². The molecule has 4 heteroatoms. The molecule has 18 heavy (non-hydrogen) atoms. The van der Waals surface area contributed by atoms with E-state index in [2.05, 4.69) is 11.4 Å². The average Bonchev–Trinajstić information content (AvgIpc) is 2.85. The second-order valence-electron chi connectivity index (χ2n) is 4.43. The van der Waals surface area contributed by atoms with Crippen LogP contribution in [0.15, 0.2) is 29.8 Å². The number of allylic oxidation sites excluding steroid dienone is 1. The molecule has 1 aromatic carbocycles. The van der Waals surface area contributed by atoms with Crippen LogP contribution in [-0.4, -0.2) is 17.6 Å². The highest BCUT2D eigenvalue weighted by atomic mass is 35.5. The van der Waals surface area contributed by atoms with Crippen molar-refractivity contribution in [1.29, 1.82) is 0 Å². The molecule has 1 amide bonds. The minimum absolute atomic E-state index is 0.00988. The lowest BCUT2D eigenvalue weighted by Crippen LogP contribution is -2.24. The Morgan fingerprint density at radius 2 is 2.28 bits per heavy atom. The van der Waals surface area contributed by atoms with Gasteiger partial charge in [-0.3, -0.25) is 4.79 Å². The largest absolute Gasteiger partial charge is 0.506 e. The van der Waals surface area contributed by atoms with Crippen molar-refractivity contribution < 1.29 is 9.90 Å². The second kappa shape index (κ2) is 5.91. The zero-order valence-corrected chi connectivity index (χ0v) is 10.8. The van der Waals surface area contributed by atoms with Crippen LogP contribution in [0.25, 0.3) is 0 Å². The summed E-state index contributed by atoms with van der Waals surface area (Å²) in [6.07, 6.45) is 6.72. The highest BCUT2D eigenvalue weighted by Crippen LogP contribution is 2.23. The summed E-state index contributed by atoms with van der Waals surface area (Å²) < 4.78 is 0. The van der Waals surface area contributed by atoms with E-state index >= 15 is 0 Å². The van der Waals surface area contributed by atoms with E-state index in [4.69, 9.17) is 11.6 Å². The number of nitrogens with one attached hydrogen (secondary N) is 1. The average molecular weight is 266 g/mol. The van der Waals surface area contributed by atoms with Gasteiger partial charge in [-0.2, -0.15) is 0 Å². The maximum atomic E-state index is 11.8. The minimum atomic E-state index is -0.157. The molecule has 0 atom stereocenters. The summed E-state index contributed by atoms with van der Waals surface area (Å²) in [5.74, 6) is -0.167. The number of hydrogen-bond donors (Lipinski definition) is 2. The van der Waals surface area contributed by atoms with Gasteiger partial charge in [0.1, 0.15) is 5.75 Å². The van der Waals surface area contributed by atoms with E-state index in [9.17, 15) is 9.90 Å². The van der Waals surface area contributed by atoms with Crippen LogP contribution in [0.2, 0.25) is 5.02 Å². The molecular formula is C14H16ClNO2. The molecule has 0 saturated heterocycles. The molecule has 0 heterocycles. The Bertz CT molecular complexity index is 483. The molecule has 0 bridgehead atoms. The molecule has 0 radical (unpaired) electrons. The maximum absolute atomic E-state index is 11.8. The van der Waals surface area contributed by atoms with Crippen molar-refractivity contribution >= 4 is 17.5 Å². The monoisotopic (exact) mass is 265 g/mol. The van der Waals surface area contributed by atoms with Gasteiger partial charge in [-0.15, -0.1) is 0 Å². The van der Waals surface area contributed by atoms with Crippen molar-refractivity contribution in [1.82, 2.24) is 5.32 Å². The Morgan fingerprint density at radius 1 is 1.44 bits per heavy atom. The van der Waals surface area contributed by atoms with Gasteiger partial charge >= 0.3 is 0 Å². The van der Waals surface area contributed by atoms with E-state index in [1.165, 1.54) is 24.1 Å². The van der Waals surface area contributed by atoms with Crippen LogP contribution < -0.4 is 5.32 Å². The quantitative estimate of drug-likeness (QED) is 0.821. The number of phenols is 1. The molecule has 0 spiro atoms. The molecular weight excluding hydrogens is 250 g/mol. The van der Waals surface area contributed by atoms with E-state index in [1.54, 1.807) is 6.07 Å². The first-order chi connectivity index (χ1) is 8.66. The molecule has 1 aromatic rings. The van der Waals surface area contributed by atoms with Gasteiger partial charge in [-0.05, 0) is 43.9 Å². The number of carbonyl (C=O) groups excluding carboxylic acids is 1. The SMILES string of the molecule is O=C(NCCC1=CCCC1)c1ccc(O)c(Cl)c1. The first-order valence-electron chi connectivity index (χ1n) is 6.11. The Labute approximate surface area is 111 Å². The molecule has 0 saturated carbocycles. The van der Waals surface area contributed by atoms with Gasteiger partial charge in [0.05, 0.1) is 5.02 Å². The molecule has 2 rings (SSSR count). The van der Waals surface area contributed by atoms with Gasteiger partial charge in [-0.1, -0.05) is 23.3 Å². The number of halogens is 1. The molecule has 1 aliphatic carbocycles. The smallest absolute Gasteiger partial charge is 0.251 e. The molecule has 0 aromatic heterocycles. The lowest BCUT2D eigenvalue weighted by Gasteiger charge is -2.06. The van der Waals surface area contributed by atoms with Crippen molar-refractivity contribution in [2.75, 3.05) is 6.54 Å². The van der Waals surface area contributed by atoms with E-state index in [-0.39, 0.29) is 16.7 Å². The fourth-order valence-electron chi connectivity index (χ4n) is 2.05. The van der Waals surface area contributed by atoms with Gasteiger partial charge in [0.2, 0.25) is 0 Å². The van der Waals surface area contributed by atoms with Crippen molar-refractivity contribution in [2.45, 2.75) is 25.7 Å². The summed E-state index contributed by atoms with van der Waals surface area (Å²) in [5, 5.41) is 12.3. The predicted octanol–water partition coefficient (Wildman–Crippen LogP) is 3.28. The summed E-state index contributed by atoms with van der Waals surface area (Å²) in [7, 11) is 0. The van der Waals surface area contributed by atoms with Crippen molar-refractivity contribution in [3.8, 4) is 5.75 Å². The first-order valence-corrected chi connectivity index (χ1v) is 6.49. The highest BCUT2D eigenvalue weighted by Gasteiger charge is 2.09. The van der Waals surface area contributed by atoms with Gasteiger partial charge in [-0.25, -0.2) is 0 Å².